The van der Waals surface area contributed by atoms with E-state index in [4.69, 9.17) is 16.3 Å². The van der Waals surface area contributed by atoms with E-state index < -0.39 is 6.10 Å². The Balaban J connectivity index is 1.43. The molecular weight excluding hydrogens is 314 g/mol. The van der Waals surface area contributed by atoms with Gasteiger partial charge in [0.2, 0.25) is 0 Å². The maximum atomic E-state index is 10.2. The number of aryl methyl sites for hydroxylation is 1. The zero-order chi connectivity index (χ0) is 16.2. The zero-order valence-electron chi connectivity index (χ0n) is 13.3. The van der Waals surface area contributed by atoms with Crippen LogP contribution in [0.25, 0.3) is 0 Å². The molecule has 1 atom stereocenters. The lowest BCUT2D eigenvalue weighted by Crippen LogP contribution is -2.38. The molecule has 5 nitrogen and oxygen atoms in total. The summed E-state index contributed by atoms with van der Waals surface area (Å²) < 4.78 is 7.68. The monoisotopic (exact) mass is 335 g/mol. The van der Waals surface area contributed by atoms with Gasteiger partial charge in [0.1, 0.15) is 0 Å². The molecule has 0 fully saturated rings. The van der Waals surface area contributed by atoms with Crippen molar-refractivity contribution in [3.63, 3.8) is 0 Å². The van der Waals surface area contributed by atoms with Crippen LogP contribution in [0.1, 0.15) is 17.0 Å². The van der Waals surface area contributed by atoms with Crippen molar-refractivity contribution in [3.8, 4) is 0 Å². The van der Waals surface area contributed by atoms with E-state index in [1.165, 1.54) is 5.69 Å². The summed E-state index contributed by atoms with van der Waals surface area (Å²) in [6.45, 7) is 3.04. The van der Waals surface area contributed by atoms with Gasteiger partial charge in [-0.15, -0.1) is 0 Å². The van der Waals surface area contributed by atoms with Crippen molar-refractivity contribution in [1.29, 1.82) is 0 Å². The summed E-state index contributed by atoms with van der Waals surface area (Å²) in [4.78, 5) is 6.64. The van der Waals surface area contributed by atoms with Crippen LogP contribution in [0, 0.1) is 0 Å². The second-order valence-electron chi connectivity index (χ2n) is 5.99. The van der Waals surface area contributed by atoms with Gasteiger partial charge in [0, 0.05) is 43.8 Å². The maximum Gasteiger partial charge on any atom is 0.0949 e. The fourth-order valence-electron chi connectivity index (χ4n) is 2.94. The molecule has 2 heterocycles. The lowest BCUT2D eigenvalue weighted by molar-refractivity contribution is 0.00746. The van der Waals surface area contributed by atoms with E-state index in [0.717, 1.165) is 30.8 Å². The summed E-state index contributed by atoms with van der Waals surface area (Å²) in [7, 11) is 2.03. The first kappa shape index (κ1) is 16.5. The lowest BCUT2D eigenvalue weighted by atomic mass is 10.1. The topological polar surface area (TPSA) is 50.5 Å². The fraction of sp³-hybridized carbons (Fsp3) is 0.471. The molecule has 0 aliphatic carbocycles. The SMILES string of the molecule is Cn1cnc2c1CCN(C[C@H](O)COCc1ccccc1Cl)C2. The number of benzene rings is 1. The molecule has 0 radical (unpaired) electrons. The molecule has 0 unspecified atom stereocenters. The van der Waals surface area contributed by atoms with Crippen molar-refractivity contribution in [2.45, 2.75) is 25.7 Å². The number of aliphatic hydroxyl groups excluding tert-OH is 1. The van der Waals surface area contributed by atoms with Crippen molar-refractivity contribution < 1.29 is 9.84 Å². The molecule has 3 rings (SSSR count). The van der Waals surface area contributed by atoms with Crippen LogP contribution in [-0.4, -0.2) is 45.4 Å². The van der Waals surface area contributed by atoms with Gasteiger partial charge in [0.05, 0.1) is 31.3 Å². The first-order valence-corrected chi connectivity index (χ1v) is 8.22. The van der Waals surface area contributed by atoms with Crippen molar-refractivity contribution >= 4 is 11.6 Å². The number of β-amino-alcohol motifs (C(OH)–C–C–N with tert-alkyl or cyclic N) is 1. The summed E-state index contributed by atoms with van der Waals surface area (Å²) in [6, 6.07) is 7.60. The molecule has 23 heavy (non-hydrogen) atoms. The number of rotatable bonds is 6. The molecule has 0 amide bonds. The summed E-state index contributed by atoms with van der Waals surface area (Å²) in [5, 5.41) is 10.9. The van der Waals surface area contributed by atoms with Crippen molar-refractivity contribution in [1.82, 2.24) is 14.5 Å². The molecule has 0 spiro atoms. The minimum absolute atomic E-state index is 0.302. The van der Waals surface area contributed by atoms with Crippen LogP contribution in [-0.2, 0) is 31.4 Å². The van der Waals surface area contributed by atoms with Gasteiger partial charge in [-0.2, -0.15) is 0 Å². The van der Waals surface area contributed by atoms with Crippen LogP contribution in [0.15, 0.2) is 30.6 Å². The summed E-state index contributed by atoms with van der Waals surface area (Å²) >= 11 is 6.09. The van der Waals surface area contributed by atoms with E-state index in [-0.39, 0.29) is 0 Å². The zero-order valence-corrected chi connectivity index (χ0v) is 14.0. The normalized spacial score (nSPS) is 16.3. The molecular formula is C17H22ClN3O2. The van der Waals surface area contributed by atoms with Gasteiger partial charge in [0.25, 0.3) is 0 Å². The smallest absolute Gasteiger partial charge is 0.0949 e. The van der Waals surface area contributed by atoms with Gasteiger partial charge >= 0.3 is 0 Å². The Morgan fingerprint density at radius 1 is 1.39 bits per heavy atom. The molecule has 0 saturated heterocycles. The second-order valence-corrected chi connectivity index (χ2v) is 6.40. The molecule has 1 aliphatic rings. The Bertz CT molecular complexity index is 659. The van der Waals surface area contributed by atoms with E-state index >= 15 is 0 Å². The van der Waals surface area contributed by atoms with Crippen molar-refractivity contribution in [2.24, 2.45) is 7.05 Å². The van der Waals surface area contributed by atoms with Crippen molar-refractivity contribution in [2.75, 3.05) is 19.7 Å². The average molecular weight is 336 g/mol. The number of aromatic nitrogens is 2. The Morgan fingerprint density at radius 2 is 2.22 bits per heavy atom. The van der Waals surface area contributed by atoms with Crippen LogP contribution >= 0.6 is 11.6 Å². The number of nitrogens with zero attached hydrogens (tertiary/aromatic N) is 3. The molecule has 124 valence electrons. The fourth-order valence-corrected chi connectivity index (χ4v) is 3.13. The Labute approximate surface area is 141 Å². The minimum atomic E-state index is -0.511. The second kappa shape index (κ2) is 7.45. The highest BCUT2D eigenvalue weighted by Gasteiger charge is 2.21. The summed E-state index contributed by atoms with van der Waals surface area (Å²) in [5.74, 6) is 0. The predicted octanol–water partition coefficient (Wildman–Crippen LogP) is 2.01. The highest BCUT2D eigenvalue weighted by molar-refractivity contribution is 6.31. The number of hydrogen-bond donors (Lipinski definition) is 1. The van der Waals surface area contributed by atoms with Gasteiger partial charge in [-0.25, -0.2) is 4.98 Å². The standard InChI is InChI=1S/C17H22ClN3O2/c1-20-12-19-16-9-21(7-6-17(16)20)8-14(22)11-23-10-13-4-2-3-5-15(13)18/h2-5,12,14,22H,6-11H2,1H3/t14-/m0/s1. The highest BCUT2D eigenvalue weighted by atomic mass is 35.5. The summed E-state index contributed by atoms with van der Waals surface area (Å²) in [6.07, 6.45) is 2.32. The van der Waals surface area contributed by atoms with Crippen LogP contribution < -0.4 is 0 Å². The molecule has 1 aromatic heterocycles. The number of imidazole rings is 1. The van der Waals surface area contributed by atoms with E-state index in [9.17, 15) is 5.11 Å². The van der Waals surface area contributed by atoms with Crippen LogP contribution in [0.4, 0.5) is 0 Å². The van der Waals surface area contributed by atoms with Crippen LogP contribution in [0.3, 0.4) is 0 Å². The highest BCUT2D eigenvalue weighted by Crippen LogP contribution is 2.18. The third-order valence-electron chi connectivity index (χ3n) is 4.18. The Hall–Kier alpha value is -1.40. The van der Waals surface area contributed by atoms with E-state index in [0.29, 0.717) is 24.8 Å². The number of aliphatic hydroxyl groups is 1. The molecule has 0 bridgehead atoms. The lowest BCUT2D eigenvalue weighted by Gasteiger charge is -2.28. The Kier molecular flexibility index (Phi) is 5.33. The Morgan fingerprint density at radius 3 is 3.04 bits per heavy atom. The van der Waals surface area contributed by atoms with E-state index in [1.54, 1.807) is 0 Å². The first-order chi connectivity index (χ1) is 11.1. The third-order valence-corrected chi connectivity index (χ3v) is 4.55. The van der Waals surface area contributed by atoms with E-state index in [1.807, 2.05) is 37.6 Å². The van der Waals surface area contributed by atoms with Gasteiger partial charge in [-0.05, 0) is 11.6 Å². The molecule has 1 N–H and O–H groups in total. The molecule has 6 heteroatoms. The quantitative estimate of drug-likeness (QED) is 0.877. The summed E-state index contributed by atoms with van der Waals surface area (Å²) in [5.41, 5.74) is 3.35. The average Bonchev–Trinajstić information content (AvgIpc) is 2.90. The minimum Gasteiger partial charge on any atom is -0.389 e. The molecule has 0 saturated carbocycles. The third kappa shape index (κ3) is 4.12. The molecule has 2 aromatic rings. The molecule has 1 aliphatic heterocycles. The first-order valence-electron chi connectivity index (χ1n) is 7.84. The van der Waals surface area contributed by atoms with E-state index in [2.05, 4.69) is 14.5 Å². The maximum absolute atomic E-state index is 10.2. The number of halogens is 1. The van der Waals surface area contributed by atoms with Gasteiger partial charge in [0.15, 0.2) is 0 Å². The number of hydrogen-bond acceptors (Lipinski definition) is 4. The number of ether oxygens (including phenoxy) is 1. The predicted molar refractivity (Wildman–Crippen MR) is 89.3 cm³/mol. The van der Waals surface area contributed by atoms with Gasteiger partial charge < -0.3 is 14.4 Å². The van der Waals surface area contributed by atoms with Crippen LogP contribution in [0.2, 0.25) is 5.02 Å². The van der Waals surface area contributed by atoms with Gasteiger partial charge in [-0.1, -0.05) is 29.8 Å². The van der Waals surface area contributed by atoms with Crippen LogP contribution in [0.5, 0.6) is 0 Å². The number of fused-ring (bicyclic) bond motifs is 1. The molecule has 1 aromatic carbocycles. The van der Waals surface area contributed by atoms with Crippen molar-refractivity contribution in [3.05, 3.63) is 52.6 Å². The van der Waals surface area contributed by atoms with Gasteiger partial charge in [-0.3, -0.25) is 4.90 Å². The largest absolute Gasteiger partial charge is 0.389 e.